The number of nitrogens with zero attached hydrogens (tertiary/aromatic N) is 1. The maximum absolute atomic E-state index is 11.6. The number of hydrogen-bond acceptors (Lipinski definition) is 2. The molecule has 2 aliphatic heterocycles. The van der Waals surface area contributed by atoms with Gasteiger partial charge in [0.05, 0.1) is 0 Å². The van der Waals surface area contributed by atoms with Crippen molar-refractivity contribution in [3.05, 3.63) is 0 Å². The second-order valence-electron chi connectivity index (χ2n) is 4.17. The summed E-state index contributed by atoms with van der Waals surface area (Å²) in [5.41, 5.74) is 0. The molecule has 0 saturated carbocycles. The van der Waals surface area contributed by atoms with Crippen molar-refractivity contribution in [1.29, 1.82) is 0 Å². The highest BCUT2D eigenvalue weighted by Crippen LogP contribution is 2.24. The second kappa shape index (κ2) is 3.66. The molecule has 1 N–H and O–H groups in total. The van der Waals surface area contributed by atoms with E-state index in [1.165, 1.54) is 0 Å². The number of rotatable bonds is 1. The lowest BCUT2D eigenvalue weighted by Gasteiger charge is -2.34. The van der Waals surface area contributed by atoms with Crippen LogP contribution in [0.1, 0.15) is 32.6 Å². The average Bonchev–Trinajstić information content (AvgIpc) is 2.48. The van der Waals surface area contributed by atoms with Crippen LogP contribution in [0.2, 0.25) is 0 Å². The Morgan fingerprint density at radius 2 is 2.00 bits per heavy atom. The fraction of sp³-hybridized carbons (Fsp3) is 0.900. The van der Waals surface area contributed by atoms with Gasteiger partial charge in [0.25, 0.3) is 0 Å². The molecule has 2 heterocycles. The highest BCUT2D eigenvalue weighted by atomic mass is 16.2. The largest absolute Gasteiger partial charge is 0.337 e. The first-order valence-corrected chi connectivity index (χ1v) is 5.31. The van der Waals surface area contributed by atoms with Crippen molar-refractivity contribution in [3.8, 4) is 0 Å². The molecule has 2 aliphatic rings. The van der Waals surface area contributed by atoms with Crippen molar-refractivity contribution in [2.24, 2.45) is 0 Å². The first-order valence-electron chi connectivity index (χ1n) is 5.31. The normalized spacial score (nSPS) is 31.3. The number of hydrogen-bond donors (Lipinski definition) is 1. The summed E-state index contributed by atoms with van der Waals surface area (Å²) in [6.45, 7) is 4.31. The molecule has 0 bridgehead atoms. The fourth-order valence-electron chi connectivity index (χ4n) is 2.49. The number of likely N-dealkylation sites (tertiary alicyclic amines) is 1. The van der Waals surface area contributed by atoms with Gasteiger partial charge < -0.3 is 10.2 Å². The molecule has 3 nitrogen and oxygen atoms in total. The third-order valence-electron chi connectivity index (χ3n) is 3.24. The molecule has 2 rings (SSSR count). The minimum absolute atomic E-state index is 0.374. The van der Waals surface area contributed by atoms with E-state index in [1.807, 2.05) is 0 Å². The van der Waals surface area contributed by atoms with Crippen molar-refractivity contribution < 1.29 is 4.79 Å². The van der Waals surface area contributed by atoms with E-state index in [-0.39, 0.29) is 0 Å². The number of carbonyl (C=O) groups excluding carboxylic acids is 1. The average molecular weight is 182 g/mol. The first kappa shape index (κ1) is 9.00. The van der Waals surface area contributed by atoms with Crippen LogP contribution in [-0.2, 0) is 4.79 Å². The lowest BCUT2D eigenvalue weighted by Crippen LogP contribution is -2.46. The molecule has 0 spiro atoms. The van der Waals surface area contributed by atoms with Gasteiger partial charge in [0, 0.05) is 18.5 Å². The summed E-state index contributed by atoms with van der Waals surface area (Å²) < 4.78 is 0. The Hall–Kier alpha value is -0.570. The van der Waals surface area contributed by atoms with E-state index in [0.717, 1.165) is 38.8 Å². The molecule has 1 atom stereocenters. The minimum Gasteiger partial charge on any atom is -0.337 e. The van der Waals surface area contributed by atoms with Gasteiger partial charge >= 0.3 is 0 Å². The van der Waals surface area contributed by atoms with Crippen molar-refractivity contribution in [1.82, 2.24) is 10.2 Å². The van der Waals surface area contributed by atoms with Crippen LogP contribution in [0.25, 0.3) is 0 Å². The Kier molecular flexibility index (Phi) is 2.54. The molecule has 1 amide bonds. The molecule has 0 aromatic carbocycles. The molecule has 74 valence electrons. The Morgan fingerprint density at radius 1 is 1.31 bits per heavy atom. The topological polar surface area (TPSA) is 32.3 Å². The maximum atomic E-state index is 11.6. The number of piperidine rings is 1. The summed E-state index contributed by atoms with van der Waals surface area (Å²) in [5, 5.41) is 3.33. The van der Waals surface area contributed by atoms with E-state index in [0.29, 0.717) is 18.0 Å². The Bertz CT molecular complexity index is 199. The highest BCUT2D eigenvalue weighted by Gasteiger charge is 2.33. The van der Waals surface area contributed by atoms with Gasteiger partial charge in [-0.25, -0.2) is 0 Å². The number of carbonyl (C=O) groups is 1. The van der Waals surface area contributed by atoms with Gasteiger partial charge in [0.15, 0.2) is 0 Å². The van der Waals surface area contributed by atoms with Gasteiger partial charge in [-0.1, -0.05) is 0 Å². The summed E-state index contributed by atoms with van der Waals surface area (Å²) in [4.78, 5) is 13.7. The van der Waals surface area contributed by atoms with Gasteiger partial charge in [-0.2, -0.15) is 0 Å². The van der Waals surface area contributed by atoms with Crippen molar-refractivity contribution in [3.63, 3.8) is 0 Å². The number of amides is 1. The summed E-state index contributed by atoms with van der Waals surface area (Å²) >= 11 is 0. The summed E-state index contributed by atoms with van der Waals surface area (Å²) in [6.07, 6.45) is 4.10. The molecule has 1 unspecified atom stereocenters. The maximum Gasteiger partial charge on any atom is 0.223 e. The van der Waals surface area contributed by atoms with Crippen LogP contribution in [0.15, 0.2) is 0 Å². The van der Waals surface area contributed by atoms with Gasteiger partial charge in [-0.3, -0.25) is 4.79 Å². The zero-order chi connectivity index (χ0) is 9.26. The van der Waals surface area contributed by atoms with Crippen molar-refractivity contribution >= 4 is 5.91 Å². The van der Waals surface area contributed by atoms with Crippen LogP contribution >= 0.6 is 0 Å². The Labute approximate surface area is 79.5 Å². The molecule has 0 radical (unpaired) electrons. The monoisotopic (exact) mass is 182 g/mol. The minimum atomic E-state index is 0.374. The van der Waals surface area contributed by atoms with Crippen LogP contribution in [0.3, 0.4) is 0 Å². The Morgan fingerprint density at radius 3 is 2.54 bits per heavy atom. The third-order valence-corrected chi connectivity index (χ3v) is 3.24. The fourth-order valence-corrected chi connectivity index (χ4v) is 2.49. The molecule has 2 saturated heterocycles. The third kappa shape index (κ3) is 1.70. The smallest absolute Gasteiger partial charge is 0.223 e. The molecular formula is C10H18N2O. The predicted octanol–water partition coefficient (Wildman–Crippen LogP) is 0.749. The van der Waals surface area contributed by atoms with Gasteiger partial charge in [0.2, 0.25) is 5.91 Å². The predicted molar refractivity (Wildman–Crippen MR) is 51.4 cm³/mol. The van der Waals surface area contributed by atoms with E-state index >= 15 is 0 Å². The van der Waals surface area contributed by atoms with Crippen molar-refractivity contribution in [2.75, 3.05) is 13.1 Å². The van der Waals surface area contributed by atoms with Crippen LogP contribution < -0.4 is 5.32 Å². The molecule has 0 aromatic rings. The standard InChI is InChI=1S/C10H18N2O/c1-8-2-3-10(13)12(8)9-4-6-11-7-5-9/h8-9,11H,2-7H2,1H3. The quantitative estimate of drug-likeness (QED) is 0.649. The van der Waals surface area contributed by atoms with E-state index < -0.39 is 0 Å². The highest BCUT2D eigenvalue weighted by molar-refractivity contribution is 5.79. The molecule has 13 heavy (non-hydrogen) atoms. The lowest BCUT2D eigenvalue weighted by atomic mass is 10.0. The van der Waals surface area contributed by atoms with Crippen LogP contribution in [-0.4, -0.2) is 36.0 Å². The van der Waals surface area contributed by atoms with Gasteiger partial charge in [-0.05, 0) is 39.3 Å². The SMILES string of the molecule is CC1CCC(=O)N1C1CCNCC1. The summed E-state index contributed by atoms with van der Waals surface area (Å²) in [6, 6.07) is 1.00. The molecule has 2 fully saturated rings. The van der Waals surface area contributed by atoms with E-state index in [9.17, 15) is 4.79 Å². The van der Waals surface area contributed by atoms with Crippen LogP contribution in [0, 0.1) is 0 Å². The van der Waals surface area contributed by atoms with Crippen LogP contribution in [0.4, 0.5) is 0 Å². The molecule has 0 aliphatic carbocycles. The zero-order valence-electron chi connectivity index (χ0n) is 8.25. The first-order chi connectivity index (χ1) is 6.29. The summed E-state index contributed by atoms with van der Waals surface area (Å²) in [5.74, 6) is 0.374. The molecule has 3 heteroatoms. The van der Waals surface area contributed by atoms with E-state index in [1.54, 1.807) is 0 Å². The number of nitrogens with one attached hydrogen (secondary N) is 1. The molecule has 0 aromatic heterocycles. The summed E-state index contributed by atoms with van der Waals surface area (Å²) in [7, 11) is 0. The van der Waals surface area contributed by atoms with E-state index in [2.05, 4.69) is 17.1 Å². The van der Waals surface area contributed by atoms with Crippen molar-refractivity contribution in [2.45, 2.75) is 44.7 Å². The van der Waals surface area contributed by atoms with E-state index in [4.69, 9.17) is 0 Å². The van der Waals surface area contributed by atoms with Gasteiger partial charge in [0.1, 0.15) is 0 Å². The molecular weight excluding hydrogens is 164 g/mol. The second-order valence-corrected chi connectivity index (χ2v) is 4.17. The van der Waals surface area contributed by atoms with Crippen LogP contribution in [0.5, 0.6) is 0 Å². The Balaban J connectivity index is 2.00. The lowest BCUT2D eigenvalue weighted by molar-refractivity contribution is -0.131. The van der Waals surface area contributed by atoms with Gasteiger partial charge in [-0.15, -0.1) is 0 Å². The zero-order valence-corrected chi connectivity index (χ0v) is 8.25.